The van der Waals surface area contributed by atoms with Crippen molar-refractivity contribution in [2.45, 2.75) is 25.5 Å². The van der Waals surface area contributed by atoms with Gasteiger partial charge in [-0.05, 0) is 49.1 Å². The van der Waals surface area contributed by atoms with Crippen molar-refractivity contribution in [1.29, 1.82) is 0 Å². The van der Waals surface area contributed by atoms with Gasteiger partial charge in [-0.25, -0.2) is 9.38 Å². The fourth-order valence-corrected chi connectivity index (χ4v) is 5.72. The van der Waals surface area contributed by atoms with Gasteiger partial charge in [0, 0.05) is 22.5 Å². The van der Waals surface area contributed by atoms with Crippen LogP contribution < -0.4 is 0 Å². The Morgan fingerprint density at radius 3 is 2.93 bits per heavy atom. The summed E-state index contributed by atoms with van der Waals surface area (Å²) in [6, 6.07) is 5.53. The first-order valence-electron chi connectivity index (χ1n) is 8.78. The molecule has 0 saturated carbocycles. The van der Waals surface area contributed by atoms with E-state index >= 15 is 0 Å². The Kier molecular flexibility index (Phi) is 5.16. The highest BCUT2D eigenvalue weighted by molar-refractivity contribution is 8.14. The van der Waals surface area contributed by atoms with Gasteiger partial charge in [0.15, 0.2) is 17.2 Å². The average molecular weight is 403 g/mol. The number of hydrogen-bond acceptors (Lipinski definition) is 6. The zero-order valence-corrected chi connectivity index (χ0v) is 16.3. The first-order valence-corrected chi connectivity index (χ1v) is 10.6. The van der Waals surface area contributed by atoms with Gasteiger partial charge in [-0.15, -0.1) is 17.9 Å². The standard InChI is InChI=1S/C20H19FN2O2S2/c1-2-10-23-19(25)17-14-4-3-5-16(14)27-18(17)22-20(23)26-11-15(24)12-6-8-13(21)9-7-12/h2,6-9,19,25H,1,3-5,10-11H2. The van der Waals surface area contributed by atoms with Crippen molar-refractivity contribution in [3.63, 3.8) is 0 Å². The zero-order chi connectivity index (χ0) is 19.0. The third-order valence-corrected chi connectivity index (χ3v) is 6.96. The van der Waals surface area contributed by atoms with Gasteiger partial charge >= 0.3 is 0 Å². The second-order valence-corrected chi connectivity index (χ2v) is 8.53. The number of thiophene rings is 1. The lowest BCUT2D eigenvalue weighted by atomic mass is 10.1. The number of benzene rings is 1. The number of aliphatic hydroxyl groups excluding tert-OH is 1. The molecule has 4 rings (SSSR count). The first-order chi connectivity index (χ1) is 13.1. The molecule has 1 aliphatic carbocycles. The Morgan fingerprint density at radius 1 is 1.41 bits per heavy atom. The quantitative estimate of drug-likeness (QED) is 0.592. The maximum absolute atomic E-state index is 13.0. The number of fused-ring (bicyclic) bond motifs is 3. The van der Waals surface area contributed by atoms with Crippen LogP contribution in [0.1, 0.15) is 39.0 Å². The number of halogens is 1. The lowest BCUT2D eigenvalue weighted by molar-refractivity contribution is 0.0600. The van der Waals surface area contributed by atoms with Crippen LogP contribution in [0.15, 0.2) is 41.9 Å². The number of aryl methyl sites for hydroxylation is 1. The van der Waals surface area contributed by atoms with Crippen LogP contribution in [0.5, 0.6) is 0 Å². The van der Waals surface area contributed by atoms with Gasteiger partial charge in [-0.1, -0.05) is 17.8 Å². The van der Waals surface area contributed by atoms with E-state index in [1.807, 2.05) is 0 Å². The molecule has 1 aromatic heterocycles. The minimum Gasteiger partial charge on any atom is -0.369 e. The molecule has 2 aromatic rings. The number of ketones is 1. The fraction of sp³-hybridized carbons (Fsp3) is 0.300. The predicted molar refractivity (Wildman–Crippen MR) is 108 cm³/mol. The van der Waals surface area contributed by atoms with E-state index < -0.39 is 6.23 Å². The molecule has 1 N–H and O–H groups in total. The highest BCUT2D eigenvalue weighted by atomic mass is 32.2. The molecular formula is C20H19FN2O2S2. The SMILES string of the molecule is C=CCN1C(SCC(=O)c2ccc(F)cc2)=Nc2sc3c(c2C1O)CCC3. The number of rotatable bonds is 5. The van der Waals surface area contributed by atoms with Crippen LogP contribution in [0.2, 0.25) is 0 Å². The zero-order valence-electron chi connectivity index (χ0n) is 14.7. The number of thioether (sulfide) groups is 1. The molecule has 1 aromatic carbocycles. The molecule has 0 saturated heterocycles. The predicted octanol–water partition coefficient (Wildman–Crippen LogP) is 4.47. The number of aliphatic imine (C=N–C) groups is 1. The third-order valence-electron chi connectivity index (χ3n) is 4.76. The summed E-state index contributed by atoms with van der Waals surface area (Å²) in [4.78, 5) is 20.2. The van der Waals surface area contributed by atoms with Crippen LogP contribution >= 0.6 is 23.1 Å². The van der Waals surface area contributed by atoms with Gasteiger partial charge in [-0.3, -0.25) is 4.79 Å². The van der Waals surface area contributed by atoms with E-state index in [0.717, 1.165) is 29.8 Å². The van der Waals surface area contributed by atoms with E-state index in [0.29, 0.717) is 17.3 Å². The fourth-order valence-electron chi connectivity index (χ4n) is 3.46. The van der Waals surface area contributed by atoms with Crippen LogP contribution in [-0.2, 0) is 12.8 Å². The summed E-state index contributed by atoms with van der Waals surface area (Å²) in [5, 5.41) is 12.4. The lowest BCUT2D eigenvalue weighted by Crippen LogP contribution is -2.36. The molecule has 0 amide bonds. The highest BCUT2D eigenvalue weighted by Crippen LogP contribution is 2.47. The molecule has 27 heavy (non-hydrogen) atoms. The number of carbonyl (C=O) groups is 1. The molecule has 1 unspecified atom stereocenters. The molecule has 0 bridgehead atoms. The number of nitrogens with zero attached hydrogens (tertiary/aromatic N) is 2. The Bertz CT molecular complexity index is 921. The van der Waals surface area contributed by atoms with E-state index in [4.69, 9.17) is 4.99 Å². The Morgan fingerprint density at radius 2 is 2.19 bits per heavy atom. The Hall–Kier alpha value is -1.96. The van der Waals surface area contributed by atoms with Crippen molar-refractivity contribution in [1.82, 2.24) is 4.90 Å². The van der Waals surface area contributed by atoms with E-state index in [1.54, 1.807) is 22.3 Å². The van der Waals surface area contributed by atoms with Crippen molar-refractivity contribution >= 4 is 39.1 Å². The molecular weight excluding hydrogens is 383 g/mol. The van der Waals surface area contributed by atoms with E-state index in [9.17, 15) is 14.3 Å². The van der Waals surface area contributed by atoms with E-state index in [1.165, 1.54) is 46.5 Å². The van der Waals surface area contributed by atoms with Gasteiger partial charge in [-0.2, -0.15) is 0 Å². The number of Topliss-reactive ketones (excluding diaryl/α,β-unsaturated/α-hetero) is 1. The normalized spacial score (nSPS) is 18.1. The molecule has 0 fully saturated rings. The second kappa shape index (κ2) is 7.58. The minimum absolute atomic E-state index is 0.102. The smallest absolute Gasteiger partial charge is 0.173 e. The van der Waals surface area contributed by atoms with Crippen LogP contribution in [0.25, 0.3) is 0 Å². The van der Waals surface area contributed by atoms with Crippen molar-refractivity contribution in [2.75, 3.05) is 12.3 Å². The maximum Gasteiger partial charge on any atom is 0.173 e. The summed E-state index contributed by atoms with van der Waals surface area (Å²) in [5.41, 5.74) is 2.63. The van der Waals surface area contributed by atoms with Crippen LogP contribution in [0, 0.1) is 5.82 Å². The Balaban J connectivity index is 1.57. The molecule has 1 atom stereocenters. The first kappa shape index (κ1) is 18.4. The van der Waals surface area contributed by atoms with Crippen LogP contribution in [0.3, 0.4) is 0 Å². The monoisotopic (exact) mass is 402 g/mol. The maximum atomic E-state index is 13.0. The van der Waals surface area contributed by atoms with Gasteiger partial charge in [0.2, 0.25) is 0 Å². The molecule has 140 valence electrons. The molecule has 7 heteroatoms. The Labute approximate surface area is 165 Å². The summed E-state index contributed by atoms with van der Waals surface area (Å²) >= 11 is 2.94. The largest absolute Gasteiger partial charge is 0.369 e. The number of hydrogen-bond donors (Lipinski definition) is 1. The molecule has 2 aliphatic rings. The summed E-state index contributed by atoms with van der Waals surface area (Å²) in [7, 11) is 0. The van der Waals surface area contributed by atoms with Crippen molar-refractivity contribution < 1.29 is 14.3 Å². The summed E-state index contributed by atoms with van der Waals surface area (Å²) in [6.07, 6.45) is 4.11. The highest BCUT2D eigenvalue weighted by Gasteiger charge is 2.34. The van der Waals surface area contributed by atoms with Crippen LogP contribution in [-0.4, -0.2) is 33.3 Å². The third kappa shape index (κ3) is 3.47. The number of amidine groups is 1. The van der Waals surface area contributed by atoms with Gasteiger partial charge in [0.25, 0.3) is 0 Å². The van der Waals surface area contributed by atoms with Crippen molar-refractivity contribution in [2.24, 2.45) is 4.99 Å². The summed E-state index contributed by atoms with van der Waals surface area (Å²) in [5.74, 6) is -0.296. The number of aliphatic hydroxyl groups is 1. The van der Waals surface area contributed by atoms with Crippen molar-refractivity contribution in [3.8, 4) is 0 Å². The second-order valence-electron chi connectivity index (χ2n) is 6.50. The number of carbonyl (C=O) groups excluding carboxylic acids is 1. The lowest BCUT2D eigenvalue weighted by Gasteiger charge is -2.33. The molecule has 2 heterocycles. The van der Waals surface area contributed by atoms with Gasteiger partial charge in [0.05, 0.1) is 5.75 Å². The van der Waals surface area contributed by atoms with Gasteiger partial charge < -0.3 is 10.0 Å². The average Bonchev–Trinajstić information content (AvgIpc) is 3.23. The summed E-state index contributed by atoms with van der Waals surface area (Å²) < 4.78 is 13.0. The minimum atomic E-state index is -0.767. The van der Waals surface area contributed by atoms with Crippen LogP contribution in [0.4, 0.5) is 9.39 Å². The molecule has 1 aliphatic heterocycles. The molecule has 4 nitrogen and oxygen atoms in total. The molecule has 0 radical (unpaired) electrons. The van der Waals surface area contributed by atoms with E-state index in [2.05, 4.69) is 6.58 Å². The topological polar surface area (TPSA) is 52.9 Å². The molecule has 0 spiro atoms. The summed E-state index contributed by atoms with van der Waals surface area (Å²) in [6.45, 7) is 4.22. The van der Waals surface area contributed by atoms with Crippen molar-refractivity contribution in [3.05, 3.63) is 64.3 Å². The van der Waals surface area contributed by atoms with E-state index in [-0.39, 0.29) is 17.4 Å². The van der Waals surface area contributed by atoms with Gasteiger partial charge in [0.1, 0.15) is 10.8 Å².